The standard InChI is InChI=1S/C22H25N3O4S/c1-15(2)22-24-19-13-18(6-7-20(19)29-22)23-21(26)17-5-3-4-16(12-17)14-25-8-10-30(27,28)11-9-25/h3-7,12-13,15H,8-11,14H2,1-2H3,(H,23,26). The summed E-state index contributed by atoms with van der Waals surface area (Å²) in [6.07, 6.45) is 0. The fraction of sp³-hybridized carbons (Fsp3) is 0.364. The fourth-order valence-corrected chi connectivity index (χ4v) is 4.73. The summed E-state index contributed by atoms with van der Waals surface area (Å²) in [5, 5.41) is 2.92. The Kier molecular flexibility index (Phi) is 5.62. The zero-order chi connectivity index (χ0) is 21.3. The minimum atomic E-state index is -2.90. The number of oxazole rings is 1. The van der Waals surface area contributed by atoms with Crippen LogP contribution in [0.4, 0.5) is 5.69 Å². The molecule has 30 heavy (non-hydrogen) atoms. The molecule has 7 nitrogen and oxygen atoms in total. The molecule has 2 aromatic carbocycles. The van der Waals surface area contributed by atoms with Gasteiger partial charge in [0.1, 0.15) is 5.52 Å². The quantitative estimate of drug-likeness (QED) is 0.671. The van der Waals surface area contributed by atoms with Crippen molar-refractivity contribution in [3.63, 3.8) is 0 Å². The molecule has 1 saturated heterocycles. The van der Waals surface area contributed by atoms with Crippen LogP contribution in [-0.4, -0.2) is 48.8 Å². The fourth-order valence-electron chi connectivity index (χ4n) is 3.45. The number of benzene rings is 2. The zero-order valence-corrected chi connectivity index (χ0v) is 17.9. The van der Waals surface area contributed by atoms with Crippen molar-refractivity contribution in [1.82, 2.24) is 9.88 Å². The smallest absolute Gasteiger partial charge is 0.255 e. The number of sulfone groups is 1. The van der Waals surface area contributed by atoms with Gasteiger partial charge in [-0.25, -0.2) is 13.4 Å². The van der Waals surface area contributed by atoms with E-state index in [1.165, 1.54) is 0 Å². The van der Waals surface area contributed by atoms with Crippen LogP contribution in [0.3, 0.4) is 0 Å². The minimum absolute atomic E-state index is 0.191. The third kappa shape index (κ3) is 4.71. The Bertz CT molecular complexity index is 1170. The third-order valence-electron chi connectivity index (χ3n) is 5.19. The summed E-state index contributed by atoms with van der Waals surface area (Å²) in [7, 11) is -2.90. The van der Waals surface area contributed by atoms with Gasteiger partial charge in [0, 0.05) is 36.8 Å². The van der Waals surface area contributed by atoms with Gasteiger partial charge in [-0.15, -0.1) is 0 Å². The predicted octanol–water partition coefficient (Wildman–Crippen LogP) is 3.43. The van der Waals surface area contributed by atoms with Crippen LogP contribution in [0, 0.1) is 0 Å². The highest BCUT2D eigenvalue weighted by atomic mass is 32.2. The summed E-state index contributed by atoms with van der Waals surface area (Å²) in [5.74, 6) is 1.04. The highest BCUT2D eigenvalue weighted by molar-refractivity contribution is 7.91. The molecule has 0 aliphatic carbocycles. The highest BCUT2D eigenvalue weighted by Gasteiger charge is 2.21. The average molecular weight is 428 g/mol. The molecular weight excluding hydrogens is 402 g/mol. The van der Waals surface area contributed by atoms with Crippen molar-refractivity contribution in [3.8, 4) is 0 Å². The molecule has 1 aromatic heterocycles. The van der Waals surface area contributed by atoms with Gasteiger partial charge in [0.05, 0.1) is 11.5 Å². The second-order valence-corrected chi connectivity index (χ2v) is 10.3. The lowest BCUT2D eigenvalue weighted by atomic mass is 10.1. The molecule has 4 rings (SSSR count). The summed E-state index contributed by atoms with van der Waals surface area (Å²) in [6, 6.07) is 12.8. The van der Waals surface area contributed by atoms with Crippen LogP contribution in [0.15, 0.2) is 46.9 Å². The van der Waals surface area contributed by atoms with Crippen LogP contribution in [0.1, 0.15) is 41.6 Å². The van der Waals surface area contributed by atoms with Crippen molar-refractivity contribution in [2.45, 2.75) is 26.3 Å². The topological polar surface area (TPSA) is 92.5 Å². The number of carbonyl (C=O) groups excluding carboxylic acids is 1. The molecule has 0 atom stereocenters. The Hall–Kier alpha value is -2.71. The maximum Gasteiger partial charge on any atom is 0.255 e. The van der Waals surface area contributed by atoms with E-state index in [0.717, 1.165) is 5.56 Å². The lowest BCUT2D eigenvalue weighted by Crippen LogP contribution is -2.39. The Morgan fingerprint density at radius 3 is 2.67 bits per heavy atom. The molecule has 8 heteroatoms. The molecule has 0 radical (unpaired) electrons. The van der Waals surface area contributed by atoms with E-state index in [0.29, 0.717) is 47.9 Å². The molecule has 1 aliphatic rings. The van der Waals surface area contributed by atoms with Crippen molar-refractivity contribution < 1.29 is 17.6 Å². The number of hydrogen-bond acceptors (Lipinski definition) is 6. The maximum absolute atomic E-state index is 12.7. The molecule has 0 unspecified atom stereocenters. The van der Waals surface area contributed by atoms with E-state index in [-0.39, 0.29) is 23.3 Å². The van der Waals surface area contributed by atoms with Crippen LogP contribution in [0.5, 0.6) is 0 Å². The van der Waals surface area contributed by atoms with Gasteiger partial charge in [-0.05, 0) is 35.9 Å². The number of nitrogens with zero attached hydrogens (tertiary/aromatic N) is 2. The zero-order valence-electron chi connectivity index (χ0n) is 17.1. The Labute approximate surface area is 176 Å². The molecule has 1 amide bonds. The predicted molar refractivity (Wildman–Crippen MR) is 116 cm³/mol. The molecular formula is C22H25N3O4S. The Morgan fingerprint density at radius 1 is 1.17 bits per heavy atom. The summed E-state index contributed by atoms with van der Waals surface area (Å²) in [4.78, 5) is 19.3. The van der Waals surface area contributed by atoms with E-state index < -0.39 is 9.84 Å². The summed E-state index contributed by atoms with van der Waals surface area (Å²) >= 11 is 0. The molecule has 1 aliphatic heterocycles. The highest BCUT2D eigenvalue weighted by Crippen LogP contribution is 2.24. The van der Waals surface area contributed by atoms with E-state index >= 15 is 0 Å². The number of amides is 1. The van der Waals surface area contributed by atoms with E-state index in [4.69, 9.17) is 4.42 Å². The number of hydrogen-bond donors (Lipinski definition) is 1. The van der Waals surface area contributed by atoms with Crippen LogP contribution in [0.2, 0.25) is 0 Å². The molecule has 0 bridgehead atoms. The SMILES string of the molecule is CC(C)c1nc2cc(NC(=O)c3cccc(CN4CCS(=O)(=O)CC4)c3)ccc2o1. The van der Waals surface area contributed by atoms with Gasteiger partial charge in [-0.1, -0.05) is 26.0 Å². The van der Waals surface area contributed by atoms with E-state index in [1.807, 2.05) is 38.1 Å². The number of aromatic nitrogens is 1. The molecule has 158 valence electrons. The monoisotopic (exact) mass is 427 g/mol. The molecule has 1 N–H and O–H groups in total. The van der Waals surface area contributed by atoms with Crippen molar-refractivity contribution in [3.05, 3.63) is 59.5 Å². The van der Waals surface area contributed by atoms with Gasteiger partial charge in [-0.3, -0.25) is 9.69 Å². The largest absolute Gasteiger partial charge is 0.440 e. The normalized spacial score (nSPS) is 16.8. The molecule has 2 heterocycles. The minimum Gasteiger partial charge on any atom is -0.440 e. The summed E-state index contributed by atoms with van der Waals surface area (Å²) < 4.78 is 28.9. The first kappa shape index (κ1) is 20.6. The van der Waals surface area contributed by atoms with E-state index in [9.17, 15) is 13.2 Å². The van der Waals surface area contributed by atoms with Gasteiger partial charge in [0.15, 0.2) is 21.3 Å². The third-order valence-corrected chi connectivity index (χ3v) is 6.80. The Morgan fingerprint density at radius 2 is 1.93 bits per heavy atom. The first-order valence-electron chi connectivity index (χ1n) is 10.0. The van der Waals surface area contributed by atoms with Gasteiger partial charge < -0.3 is 9.73 Å². The van der Waals surface area contributed by atoms with Crippen molar-refractivity contribution >= 4 is 32.5 Å². The lowest BCUT2D eigenvalue weighted by molar-refractivity contribution is 0.102. The number of rotatable bonds is 5. The Balaban J connectivity index is 1.44. The number of anilines is 1. The molecule has 3 aromatic rings. The first-order valence-corrected chi connectivity index (χ1v) is 11.8. The van der Waals surface area contributed by atoms with Crippen LogP contribution >= 0.6 is 0 Å². The van der Waals surface area contributed by atoms with Gasteiger partial charge >= 0.3 is 0 Å². The average Bonchev–Trinajstić information content (AvgIpc) is 3.14. The number of nitrogens with one attached hydrogen (secondary N) is 1. The van der Waals surface area contributed by atoms with Crippen LogP contribution < -0.4 is 5.32 Å². The molecule has 0 spiro atoms. The first-order chi connectivity index (χ1) is 14.3. The second kappa shape index (κ2) is 8.20. The number of carbonyl (C=O) groups is 1. The lowest BCUT2D eigenvalue weighted by Gasteiger charge is -2.26. The van der Waals surface area contributed by atoms with Crippen LogP contribution in [0.25, 0.3) is 11.1 Å². The van der Waals surface area contributed by atoms with E-state index in [1.54, 1.807) is 18.2 Å². The summed E-state index contributed by atoms with van der Waals surface area (Å²) in [6.45, 7) is 5.70. The maximum atomic E-state index is 12.7. The molecule has 1 fully saturated rings. The molecule has 0 saturated carbocycles. The number of fused-ring (bicyclic) bond motifs is 1. The van der Waals surface area contributed by atoms with Gasteiger partial charge in [0.25, 0.3) is 5.91 Å². The van der Waals surface area contributed by atoms with Gasteiger partial charge in [-0.2, -0.15) is 0 Å². The van der Waals surface area contributed by atoms with Crippen molar-refractivity contribution in [2.75, 3.05) is 29.9 Å². The van der Waals surface area contributed by atoms with Crippen molar-refractivity contribution in [1.29, 1.82) is 0 Å². The van der Waals surface area contributed by atoms with Gasteiger partial charge in [0.2, 0.25) is 0 Å². The second-order valence-electron chi connectivity index (χ2n) is 7.97. The van der Waals surface area contributed by atoms with Crippen molar-refractivity contribution in [2.24, 2.45) is 0 Å². The van der Waals surface area contributed by atoms with Crippen LogP contribution in [-0.2, 0) is 16.4 Å². The van der Waals surface area contributed by atoms with E-state index in [2.05, 4.69) is 15.2 Å². The summed E-state index contributed by atoms with van der Waals surface area (Å²) in [5.41, 5.74) is 3.60.